The van der Waals surface area contributed by atoms with Crippen molar-refractivity contribution in [3.63, 3.8) is 0 Å². The highest BCUT2D eigenvalue weighted by molar-refractivity contribution is 8.02. The van der Waals surface area contributed by atoms with Gasteiger partial charge in [-0.3, -0.25) is 14.4 Å². The van der Waals surface area contributed by atoms with Gasteiger partial charge < -0.3 is 24.7 Å². The summed E-state index contributed by atoms with van der Waals surface area (Å²) in [4.78, 5) is 51.0. The maximum absolute atomic E-state index is 14.8. The van der Waals surface area contributed by atoms with Crippen LogP contribution in [0.15, 0.2) is 49.6 Å². The van der Waals surface area contributed by atoms with E-state index in [1.165, 1.54) is 0 Å². The molecule has 1 spiro atoms. The maximum atomic E-state index is 14.8. The van der Waals surface area contributed by atoms with E-state index in [1.54, 1.807) is 28.8 Å². The van der Waals surface area contributed by atoms with Gasteiger partial charge in [0.1, 0.15) is 6.04 Å². The molecule has 0 aliphatic carbocycles. The molecule has 2 bridgehead atoms. The molecule has 0 saturated carbocycles. The van der Waals surface area contributed by atoms with Crippen molar-refractivity contribution in [2.45, 2.75) is 81.8 Å². The molecular formula is C35H52N4O4S. The fraction of sp³-hybridized carbons (Fsp3) is 0.629. The van der Waals surface area contributed by atoms with E-state index in [2.05, 4.69) is 51.0 Å². The molecule has 44 heavy (non-hydrogen) atoms. The van der Waals surface area contributed by atoms with E-state index in [-0.39, 0.29) is 29.6 Å². The fourth-order valence-electron chi connectivity index (χ4n) is 7.66. The van der Waals surface area contributed by atoms with Crippen molar-refractivity contribution in [3.8, 4) is 0 Å². The van der Waals surface area contributed by atoms with E-state index >= 15 is 0 Å². The van der Waals surface area contributed by atoms with E-state index in [0.717, 1.165) is 69.4 Å². The molecule has 3 amide bonds. The van der Waals surface area contributed by atoms with Crippen molar-refractivity contribution in [1.82, 2.24) is 9.80 Å². The molecule has 9 heteroatoms. The minimum Gasteiger partial charge on any atom is -0.396 e. The fourth-order valence-corrected chi connectivity index (χ4v) is 9.87. The van der Waals surface area contributed by atoms with Crippen molar-refractivity contribution >= 4 is 40.9 Å². The summed E-state index contributed by atoms with van der Waals surface area (Å²) in [5, 5.41) is 9.27. The van der Waals surface area contributed by atoms with E-state index in [9.17, 15) is 19.5 Å². The van der Waals surface area contributed by atoms with Gasteiger partial charge in [0.05, 0.1) is 16.6 Å². The Kier molecular flexibility index (Phi) is 12.0. The number of anilines is 2. The van der Waals surface area contributed by atoms with Crippen LogP contribution in [0.4, 0.5) is 11.4 Å². The SMILES string of the molecule is C=CCN(CCC)C(=O)[C@@H]1[C@H]2C(=O)N(CCCCCCO)C(C(=O)N(CC=C)c3ccc(N(CC)CC)cc3)C23CC[C@H]1S3. The Morgan fingerprint density at radius 3 is 2.27 bits per heavy atom. The number of fused-ring (bicyclic) bond motifs is 1. The van der Waals surface area contributed by atoms with Crippen LogP contribution in [0.25, 0.3) is 0 Å². The Labute approximate surface area is 268 Å². The van der Waals surface area contributed by atoms with E-state index < -0.39 is 22.6 Å². The van der Waals surface area contributed by atoms with Crippen molar-refractivity contribution in [3.05, 3.63) is 49.6 Å². The number of carbonyl (C=O) groups is 3. The molecule has 0 aromatic heterocycles. The van der Waals surface area contributed by atoms with Crippen molar-refractivity contribution < 1.29 is 19.5 Å². The topological polar surface area (TPSA) is 84.4 Å². The first-order chi connectivity index (χ1) is 21.3. The number of aliphatic hydroxyl groups excluding tert-OH is 1. The van der Waals surface area contributed by atoms with Gasteiger partial charge in [0, 0.05) is 62.5 Å². The highest BCUT2D eigenvalue weighted by Crippen LogP contribution is 2.66. The van der Waals surface area contributed by atoms with Crippen LogP contribution in [0.1, 0.15) is 65.7 Å². The second kappa shape index (κ2) is 15.5. The number of hydrogen-bond donors (Lipinski definition) is 1. The number of carbonyl (C=O) groups excluding carboxylic acids is 3. The molecule has 3 aliphatic rings. The van der Waals surface area contributed by atoms with Gasteiger partial charge in [-0.05, 0) is 70.2 Å². The van der Waals surface area contributed by atoms with Gasteiger partial charge in [0.15, 0.2) is 0 Å². The van der Waals surface area contributed by atoms with Gasteiger partial charge in [0.2, 0.25) is 11.8 Å². The van der Waals surface area contributed by atoms with Gasteiger partial charge in [-0.15, -0.1) is 24.9 Å². The van der Waals surface area contributed by atoms with Crippen LogP contribution >= 0.6 is 11.8 Å². The van der Waals surface area contributed by atoms with Gasteiger partial charge in [-0.2, -0.15) is 0 Å². The minimum absolute atomic E-state index is 0.0232. The number of rotatable bonds is 18. The van der Waals surface area contributed by atoms with Crippen molar-refractivity contribution in [2.75, 3.05) is 55.7 Å². The molecule has 1 aromatic rings. The summed E-state index contributed by atoms with van der Waals surface area (Å²) in [5.74, 6) is -1.06. The Hall–Kier alpha value is -2.78. The van der Waals surface area contributed by atoms with Gasteiger partial charge >= 0.3 is 0 Å². The molecule has 242 valence electrons. The third kappa shape index (κ3) is 6.45. The summed E-state index contributed by atoms with van der Waals surface area (Å²) in [6.45, 7) is 18.0. The number of benzene rings is 1. The molecule has 5 atom stereocenters. The third-order valence-corrected chi connectivity index (χ3v) is 11.6. The second-order valence-electron chi connectivity index (χ2n) is 12.2. The molecular weight excluding hydrogens is 572 g/mol. The molecule has 3 aliphatic heterocycles. The summed E-state index contributed by atoms with van der Waals surface area (Å²) < 4.78 is -0.628. The summed E-state index contributed by atoms with van der Waals surface area (Å²) in [5.41, 5.74) is 1.89. The van der Waals surface area contributed by atoms with Crippen LogP contribution in [0.3, 0.4) is 0 Å². The Balaban J connectivity index is 1.70. The summed E-state index contributed by atoms with van der Waals surface area (Å²) >= 11 is 1.72. The first-order valence-electron chi connectivity index (χ1n) is 16.6. The molecule has 1 aromatic carbocycles. The molecule has 1 N–H and O–H groups in total. The van der Waals surface area contributed by atoms with E-state index in [0.29, 0.717) is 26.2 Å². The van der Waals surface area contributed by atoms with Crippen LogP contribution in [0, 0.1) is 11.8 Å². The Morgan fingerprint density at radius 1 is 1.00 bits per heavy atom. The number of amides is 3. The van der Waals surface area contributed by atoms with Gasteiger partial charge in [-0.1, -0.05) is 31.9 Å². The lowest BCUT2D eigenvalue weighted by Gasteiger charge is -2.37. The zero-order valence-electron chi connectivity index (χ0n) is 27.0. The smallest absolute Gasteiger partial charge is 0.251 e. The quantitative estimate of drug-likeness (QED) is 0.180. The number of nitrogens with zero attached hydrogens (tertiary/aromatic N) is 4. The normalized spacial score (nSPS) is 25.2. The van der Waals surface area contributed by atoms with Crippen LogP contribution in [0.5, 0.6) is 0 Å². The second-order valence-corrected chi connectivity index (χ2v) is 13.8. The molecule has 0 radical (unpaired) electrons. The lowest BCUT2D eigenvalue weighted by atomic mass is 9.70. The number of likely N-dealkylation sites (tertiary alicyclic amines) is 1. The van der Waals surface area contributed by atoms with Crippen LogP contribution in [0.2, 0.25) is 0 Å². The average Bonchev–Trinajstić information content (AvgIpc) is 3.67. The van der Waals surface area contributed by atoms with E-state index in [4.69, 9.17) is 0 Å². The first kappa shape index (κ1) is 34.1. The predicted molar refractivity (Wildman–Crippen MR) is 181 cm³/mol. The van der Waals surface area contributed by atoms with Crippen LogP contribution in [-0.4, -0.2) is 94.5 Å². The first-order valence-corrected chi connectivity index (χ1v) is 17.5. The van der Waals surface area contributed by atoms with Gasteiger partial charge in [0.25, 0.3) is 5.91 Å². The zero-order chi connectivity index (χ0) is 31.9. The Morgan fingerprint density at radius 2 is 1.66 bits per heavy atom. The summed E-state index contributed by atoms with van der Waals surface area (Å²) in [6, 6.07) is 7.44. The maximum Gasteiger partial charge on any atom is 0.251 e. The number of hydrogen-bond acceptors (Lipinski definition) is 6. The molecule has 8 nitrogen and oxygen atoms in total. The number of unbranched alkanes of at least 4 members (excludes halogenated alkanes) is 3. The standard InChI is InChI=1S/C35H52N4O4S/c1-6-21-37(22-7-2)32(41)29-28-19-20-35(44-28)30(29)33(42)39(24-13-11-12-14-25-40)31(35)34(43)38(23-8-3)27-17-15-26(16-18-27)36(9-4)10-5/h6,8,15-18,28-31,40H,1,3,7,9-14,19-25H2,2,4-5H3/t28-,29+,30+,31?,35?/m1/s1. The lowest BCUT2D eigenvalue weighted by molar-refractivity contribution is -0.143. The minimum atomic E-state index is -0.646. The third-order valence-electron chi connectivity index (χ3n) is 9.65. The van der Waals surface area contributed by atoms with E-state index in [1.807, 2.05) is 21.9 Å². The predicted octanol–water partition coefficient (Wildman–Crippen LogP) is 5.12. The molecule has 4 rings (SSSR count). The van der Waals surface area contributed by atoms with Crippen LogP contribution < -0.4 is 9.80 Å². The molecule has 3 heterocycles. The summed E-state index contributed by atoms with van der Waals surface area (Å²) in [7, 11) is 0. The number of aliphatic hydroxyl groups is 1. The average molecular weight is 625 g/mol. The monoisotopic (exact) mass is 624 g/mol. The van der Waals surface area contributed by atoms with Crippen molar-refractivity contribution in [2.24, 2.45) is 11.8 Å². The lowest BCUT2D eigenvalue weighted by Crippen LogP contribution is -2.55. The molecule has 3 fully saturated rings. The largest absolute Gasteiger partial charge is 0.396 e. The van der Waals surface area contributed by atoms with Gasteiger partial charge in [-0.25, -0.2) is 0 Å². The molecule has 3 saturated heterocycles. The van der Waals surface area contributed by atoms with Crippen LogP contribution in [-0.2, 0) is 14.4 Å². The highest BCUT2D eigenvalue weighted by atomic mass is 32.2. The summed E-state index contributed by atoms with van der Waals surface area (Å²) in [6.07, 6.45) is 9.12. The highest BCUT2D eigenvalue weighted by Gasteiger charge is 2.74. The number of thioether (sulfide) groups is 1. The Bertz CT molecular complexity index is 1170. The molecule has 2 unspecified atom stereocenters. The van der Waals surface area contributed by atoms with Crippen molar-refractivity contribution in [1.29, 1.82) is 0 Å². The zero-order valence-corrected chi connectivity index (χ0v) is 27.8.